The van der Waals surface area contributed by atoms with Crippen LogP contribution in [0.25, 0.3) is 0 Å². The van der Waals surface area contributed by atoms with E-state index in [2.05, 4.69) is 62.4 Å². The van der Waals surface area contributed by atoms with Crippen LogP contribution >= 0.6 is 0 Å². The van der Waals surface area contributed by atoms with Crippen LogP contribution in [0.4, 0.5) is 5.95 Å². The van der Waals surface area contributed by atoms with Gasteiger partial charge in [0.1, 0.15) is 0 Å². The van der Waals surface area contributed by atoms with Gasteiger partial charge in [0.2, 0.25) is 16.0 Å². The fraction of sp³-hybridized carbons (Fsp3) is 0.667. The van der Waals surface area contributed by atoms with Crippen molar-refractivity contribution in [3.05, 3.63) is 35.9 Å². The second-order valence-corrected chi connectivity index (χ2v) is 10.7. The molecule has 3 atom stereocenters. The summed E-state index contributed by atoms with van der Waals surface area (Å²) in [6, 6.07) is 10.4. The molecule has 0 unspecified atom stereocenters. The largest absolute Gasteiger partial charge is 0.376 e. The predicted octanol–water partition coefficient (Wildman–Crippen LogP) is 1.84. The van der Waals surface area contributed by atoms with Crippen LogP contribution in [-0.4, -0.2) is 65.7 Å². The van der Waals surface area contributed by atoms with E-state index in [1.807, 2.05) is 0 Å². The highest BCUT2D eigenvalue weighted by Gasteiger charge is 2.43. The summed E-state index contributed by atoms with van der Waals surface area (Å²) in [5.41, 5.74) is 1.41. The van der Waals surface area contributed by atoms with E-state index in [0.29, 0.717) is 24.9 Å². The topological polar surface area (TPSA) is 102 Å². The van der Waals surface area contributed by atoms with Gasteiger partial charge in [-0.25, -0.2) is 17.8 Å². The van der Waals surface area contributed by atoms with Gasteiger partial charge in [-0.1, -0.05) is 35.4 Å². The van der Waals surface area contributed by atoms with Crippen molar-refractivity contribution >= 4 is 16.0 Å². The van der Waals surface area contributed by atoms with Gasteiger partial charge in [0.15, 0.2) is 0 Å². The molecule has 1 N–H and O–H groups in total. The molecular weight excluding hydrogens is 416 g/mol. The van der Waals surface area contributed by atoms with E-state index in [4.69, 9.17) is 4.74 Å². The quantitative estimate of drug-likeness (QED) is 0.689. The van der Waals surface area contributed by atoms with Crippen molar-refractivity contribution in [2.24, 2.45) is 7.05 Å². The lowest BCUT2D eigenvalue weighted by Gasteiger charge is -2.33. The number of rotatable bonds is 7. The van der Waals surface area contributed by atoms with Crippen molar-refractivity contribution in [1.29, 1.82) is 0 Å². The Morgan fingerprint density at radius 1 is 1.16 bits per heavy atom. The molecule has 9 nitrogen and oxygen atoms in total. The number of anilines is 1. The van der Waals surface area contributed by atoms with E-state index in [-0.39, 0.29) is 24.2 Å². The first-order valence-corrected chi connectivity index (χ1v) is 12.9. The summed E-state index contributed by atoms with van der Waals surface area (Å²) in [5.74, 6) is 1.22. The van der Waals surface area contributed by atoms with Crippen LogP contribution < -0.4 is 9.62 Å². The molecule has 2 heterocycles. The number of nitrogens with one attached hydrogen (secondary N) is 1. The zero-order valence-corrected chi connectivity index (χ0v) is 19.2. The summed E-state index contributed by atoms with van der Waals surface area (Å²) >= 11 is 0. The van der Waals surface area contributed by atoms with E-state index in [1.54, 1.807) is 11.7 Å². The Morgan fingerprint density at radius 3 is 2.48 bits per heavy atom. The number of aryl methyl sites for hydroxylation is 1. The van der Waals surface area contributed by atoms with Crippen LogP contribution in [0.3, 0.4) is 0 Å². The molecule has 2 aliphatic rings. The number of ether oxygens (including phenoxy) is 1. The molecule has 2 aromatic rings. The molecule has 4 rings (SSSR count). The summed E-state index contributed by atoms with van der Waals surface area (Å²) in [5, 5.41) is 11.9. The Hall–Kier alpha value is -2.04. The van der Waals surface area contributed by atoms with E-state index in [0.717, 1.165) is 25.7 Å². The number of hydrogen-bond acceptors (Lipinski definition) is 7. The van der Waals surface area contributed by atoms with Crippen molar-refractivity contribution in [3.8, 4) is 0 Å². The lowest BCUT2D eigenvalue weighted by atomic mass is 9.83. The summed E-state index contributed by atoms with van der Waals surface area (Å²) < 4.78 is 34.7. The molecule has 10 heteroatoms. The zero-order valence-electron chi connectivity index (χ0n) is 18.4. The molecule has 170 valence electrons. The van der Waals surface area contributed by atoms with Crippen molar-refractivity contribution in [3.63, 3.8) is 0 Å². The summed E-state index contributed by atoms with van der Waals surface area (Å²) in [6.45, 7) is 2.50. The summed E-state index contributed by atoms with van der Waals surface area (Å²) in [4.78, 5) is 2.10. The fourth-order valence-corrected chi connectivity index (χ4v) is 5.87. The van der Waals surface area contributed by atoms with Gasteiger partial charge in [-0.3, -0.25) is 0 Å². The Morgan fingerprint density at radius 2 is 1.87 bits per heavy atom. The first-order chi connectivity index (χ1) is 14.8. The first kappa shape index (κ1) is 22.2. The molecule has 0 spiro atoms. The second kappa shape index (κ2) is 9.22. The van der Waals surface area contributed by atoms with E-state index in [9.17, 15) is 8.42 Å². The molecule has 1 aromatic heterocycles. The number of hydrogen-bond donors (Lipinski definition) is 1. The predicted molar refractivity (Wildman–Crippen MR) is 118 cm³/mol. The normalized spacial score (nSPS) is 29.4. The number of aromatic nitrogens is 4. The summed E-state index contributed by atoms with van der Waals surface area (Å²) in [7, 11) is -1.54. The van der Waals surface area contributed by atoms with Crippen LogP contribution in [-0.2, 0) is 21.8 Å². The van der Waals surface area contributed by atoms with E-state index in [1.165, 1.54) is 11.8 Å². The lowest BCUT2D eigenvalue weighted by Crippen LogP contribution is -2.49. The minimum atomic E-state index is -3.34. The highest BCUT2D eigenvalue weighted by molar-refractivity contribution is 7.88. The van der Waals surface area contributed by atoms with Gasteiger partial charge in [0, 0.05) is 19.1 Å². The third kappa shape index (κ3) is 5.24. The van der Waals surface area contributed by atoms with Crippen molar-refractivity contribution in [1.82, 2.24) is 24.9 Å². The average Bonchev–Trinajstić information content (AvgIpc) is 3.28. The first-order valence-electron chi connectivity index (χ1n) is 11.0. The Kier molecular flexibility index (Phi) is 6.59. The van der Waals surface area contributed by atoms with Crippen molar-refractivity contribution in [2.45, 2.75) is 69.2 Å². The molecule has 0 bridgehead atoms. The molecule has 1 saturated carbocycles. The monoisotopic (exact) mass is 448 g/mol. The Balaban J connectivity index is 1.42. The van der Waals surface area contributed by atoms with Gasteiger partial charge < -0.3 is 9.64 Å². The maximum atomic E-state index is 12.0. The number of tetrazole rings is 1. The molecule has 2 fully saturated rings. The lowest BCUT2D eigenvalue weighted by molar-refractivity contribution is 0.0153. The number of nitrogens with zero attached hydrogens (tertiary/aromatic N) is 5. The maximum absolute atomic E-state index is 12.0. The van der Waals surface area contributed by atoms with Crippen LogP contribution in [0.2, 0.25) is 0 Å². The molecular formula is C21H32N6O3S. The molecule has 0 amide bonds. The Bertz CT molecular complexity index is 959. The van der Waals surface area contributed by atoms with Gasteiger partial charge in [0.05, 0.1) is 25.0 Å². The molecule has 0 radical (unpaired) electrons. The SMILES string of the molecule is C[C@@H]1C[C@H](NS(C)(=O)=O)[C@H](CO[C@H]2CC[C@@H](c3ccccc3)CC2)N1c1nnnn1C. The maximum Gasteiger partial charge on any atom is 0.245 e. The third-order valence-electron chi connectivity index (χ3n) is 6.53. The number of benzene rings is 1. The van der Waals surface area contributed by atoms with Crippen LogP contribution in [0.15, 0.2) is 30.3 Å². The molecule has 1 aromatic carbocycles. The van der Waals surface area contributed by atoms with E-state index >= 15 is 0 Å². The van der Waals surface area contributed by atoms with Crippen LogP contribution in [0.5, 0.6) is 0 Å². The van der Waals surface area contributed by atoms with Gasteiger partial charge in [0.25, 0.3) is 0 Å². The van der Waals surface area contributed by atoms with Gasteiger partial charge in [-0.05, 0) is 60.9 Å². The van der Waals surface area contributed by atoms with Crippen molar-refractivity contribution < 1.29 is 13.2 Å². The molecule has 1 saturated heterocycles. The average molecular weight is 449 g/mol. The van der Waals surface area contributed by atoms with Gasteiger partial charge in [-0.2, -0.15) is 0 Å². The van der Waals surface area contributed by atoms with Crippen LogP contribution in [0.1, 0.15) is 50.5 Å². The molecule has 1 aliphatic heterocycles. The highest BCUT2D eigenvalue weighted by Crippen LogP contribution is 2.35. The van der Waals surface area contributed by atoms with Gasteiger partial charge in [-0.15, -0.1) is 0 Å². The Labute approximate surface area is 184 Å². The van der Waals surface area contributed by atoms with Crippen molar-refractivity contribution in [2.75, 3.05) is 17.8 Å². The molecule has 1 aliphatic carbocycles. The standard InChI is InChI=1S/C21H32N6O3S/c1-15-13-19(23-31(3,28)29)20(27(15)21-22-24-25-26(21)2)14-30-18-11-9-17(10-12-18)16-7-5-4-6-8-16/h4-8,15,17-20,23H,9-14H2,1-3H3/t15-,17-,18+,19+,20+/m1/s1. The second-order valence-electron chi connectivity index (χ2n) is 8.88. The smallest absolute Gasteiger partial charge is 0.245 e. The minimum absolute atomic E-state index is 0.0892. The molecule has 31 heavy (non-hydrogen) atoms. The zero-order chi connectivity index (χ0) is 22.0. The third-order valence-corrected chi connectivity index (χ3v) is 7.26. The van der Waals surface area contributed by atoms with Gasteiger partial charge >= 0.3 is 0 Å². The fourth-order valence-electron chi connectivity index (χ4n) is 5.07. The van der Waals surface area contributed by atoms with Crippen LogP contribution in [0, 0.1) is 0 Å². The van der Waals surface area contributed by atoms with E-state index < -0.39 is 10.0 Å². The number of sulfonamides is 1. The summed E-state index contributed by atoms with van der Waals surface area (Å²) in [6.07, 6.45) is 6.31. The highest BCUT2D eigenvalue weighted by atomic mass is 32.2. The minimum Gasteiger partial charge on any atom is -0.376 e.